The van der Waals surface area contributed by atoms with Crippen molar-refractivity contribution in [2.75, 3.05) is 20.8 Å². The van der Waals surface area contributed by atoms with Gasteiger partial charge >= 0.3 is 12.1 Å². The van der Waals surface area contributed by atoms with Crippen LogP contribution in [0.2, 0.25) is 0 Å². The summed E-state index contributed by atoms with van der Waals surface area (Å²) >= 11 is 0. The number of hydrogen-bond donors (Lipinski definition) is 1. The van der Waals surface area contributed by atoms with E-state index >= 15 is 0 Å². The predicted molar refractivity (Wildman–Crippen MR) is 119 cm³/mol. The van der Waals surface area contributed by atoms with Gasteiger partial charge < -0.3 is 19.5 Å². The Morgan fingerprint density at radius 3 is 2.40 bits per heavy atom. The highest BCUT2D eigenvalue weighted by Gasteiger charge is 2.38. The number of carbonyl (C=O) groups is 2. The number of allylic oxidation sites excluding steroid dienone is 1. The van der Waals surface area contributed by atoms with Crippen molar-refractivity contribution in [2.45, 2.75) is 31.5 Å². The third-order valence-corrected chi connectivity index (χ3v) is 5.70. The van der Waals surface area contributed by atoms with Crippen LogP contribution in [0.25, 0.3) is 0 Å². The van der Waals surface area contributed by atoms with Gasteiger partial charge in [-0.15, -0.1) is 0 Å². The van der Waals surface area contributed by atoms with E-state index in [0.29, 0.717) is 17.1 Å². The van der Waals surface area contributed by atoms with Gasteiger partial charge in [0.05, 0.1) is 37.9 Å². The fourth-order valence-corrected chi connectivity index (χ4v) is 4.11. The number of rotatable bonds is 8. The Bertz CT molecular complexity index is 1120. The number of halogens is 4. The fraction of sp³-hybridized carbons (Fsp3) is 0.360. The molecule has 0 aliphatic heterocycles. The molecule has 1 N–H and O–H groups in total. The summed E-state index contributed by atoms with van der Waals surface area (Å²) in [4.78, 5) is 25.5. The maximum atomic E-state index is 13.4. The molecule has 2 aromatic carbocycles. The van der Waals surface area contributed by atoms with Crippen molar-refractivity contribution >= 4 is 11.9 Å². The van der Waals surface area contributed by atoms with Crippen molar-refractivity contribution in [3.63, 3.8) is 0 Å². The van der Waals surface area contributed by atoms with Gasteiger partial charge in [-0.2, -0.15) is 13.2 Å². The molecule has 1 amide bonds. The molecule has 1 aliphatic rings. The number of benzene rings is 2. The lowest BCUT2D eigenvalue weighted by Gasteiger charge is -2.23. The molecule has 0 radical (unpaired) electrons. The van der Waals surface area contributed by atoms with Crippen LogP contribution in [0.1, 0.15) is 40.7 Å². The average molecular weight is 495 g/mol. The number of alkyl halides is 3. The first-order valence-corrected chi connectivity index (χ1v) is 10.8. The summed E-state index contributed by atoms with van der Waals surface area (Å²) in [6.07, 6.45) is -1.32. The van der Waals surface area contributed by atoms with E-state index in [0.717, 1.165) is 12.1 Å². The van der Waals surface area contributed by atoms with E-state index in [1.54, 1.807) is 37.3 Å². The van der Waals surface area contributed by atoms with Crippen LogP contribution < -0.4 is 14.8 Å². The molecule has 188 valence electrons. The second kappa shape index (κ2) is 10.8. The van der Waals surface area contributed by atoms with Crippen molar-refractivity contribution in [3.05, 3.63) is 71.1 Å². The maximum absolute atomic E-state index is 13.4. The van der Waals surface area contributed by atoms with Crippen molar-refractivity contribution in [1.29, 1.82) is 0 Å². The van der Waals surface area contributed by atoms with Crippen LogP contribution in [0.3, 0.4) is 0 Å². The third-order valence-electron chi connectivity index (χ3n) is 5.70. The predicted octanol–water partition coefficient (Wildman–Crippen LogP) is 4.88. The second-order valence-corrected chi connectivity index (χ2v) is 7.90. The van der Waals surface area contributed by atoms with E-state index in [4.69, 9.17) is 14.2 Å². The Morgan fingerprint density at radius 1 is 1.06 bits per heavy atom. The monoisotopic (exact) mass is 495 g/mol. The molecular formula is C25H25F4NO5. The number of hydrogen-bond acceptors (Lipinski definition) is 5. The Morgan fingerprint density at radius 2 is 1.77 bits per heavy atom. The highest BCUT2D eigenvalue weighted by molar-refractivity contribution is 5.96. The molecule has 0 aromatic heterocycles. The number of esters is 1. The first-order chi connectivity index (χ1) is 16.6. The van der Waals surface area contributed by atoms with E-state index < -0.39 is 52.9 Å². The number of amides is 1. The van der Waals surface area contributed by atoms with Gasteiger partial charge in [-0.3, -0.25) is 9.59 Å². The highest BCUT2D eigenvalue weighted by Crippen LogP contribution is 2.38. The second-order valence-electron chi connectivity index (χ2n) is 7.90. The molecular weight excluding hydrogens is 470 g/mol. The zero-order valence-electron chi connectivity index (χ0n) is 19.3. The summed E-state index contributed by atoms with van der Waals surface area (Å²) < 4.78 is 69.1. The van der Waals surface area contributed by atoms with Crippen LogP contribution in [0, 0.1) is 11.7 Å². The van der Waals surface area contributed by atoms with E-state index in [9.17, 15) is 27.2 Å². The van der Waals surface area contributed by atoms with Crippen molar-refractivity contribution < 1.29 is 41.4 Å². The van der Waals surface area contributed by atoms with Gasteiger partial charge in [-0.05, 0) is 55.2 Å². The molecule has 1 aliphatic carbocycles. The molecule has 3 rings (SSSR count). The van der Waals surface area contributed by atoms with Crippen LogP contribution in [0.4, 0.5) is 17.6 Å². The van der Waals surface area contributed by atoms with Gasteiger partial charge in [-0.1, -0.05) is 18.2 Å². The maximum Gasteiger partial charge on any atom is 0.417 e. The van der Waals surface area contributed by atoms with Gasteiger partial charge in [-0.25, -0.2) is 4.39 Å². The highest BCUT2D eigenvalue weighted by atomic mass is 19.4. The zero-order chi connectivity index (χ0) is 25.8. The molecule has 3 atom stereocenters. The summed E-state index contributed by atoms with van der Waals surface area (Å²) in [6.45, 7) is 1.84. The Balaban J connectivity index is 1.82. The molecule has 0 unspecified atom stereocenters. The molecule has 10 heteroatoms. The molecule has 6 nitrogen and oxygen atoms in total. The van der Waals surface area contributed by atoms with Gasteiger partial charge in [0.1, 0.15) is 5.82 Å². The molecule has 0 saturated heterocycles. The molecule has 0 saturated carbocycles. The number of nitrogens with one attached hydrogen (secondary N) is 1. The van der Waals surface area contributed by atoms with E-state index in [1.807, 2.05) is 0 Å². The van der Waals surface area contributed by atoms with Crippen molar-refractivity contribution in [1.82, 2.24) is 5.32 Å². The molecule has 35 heavy (non-hydrogen) atoms. The molecule has 0 heterocycles. The lowest BCUT2D eigenvalue weighted by atomic mass is 9.85. The smallest absolute Gasteiger partial charge is 0.417 e. The van der Waals surface area contributed by atoms with Crippen molar-refractivity contribution in [3.8, 4) is 11.5 Å². The quantitative estimate of drug-likeness (QED) is 0.321. The average Bonchev–Trinajstić information content (AvgIpc) is 3.26. The normalized spacial score (nSPS) is 18.1. The summed E-state index contributed by atoms with van der Waals surface area (Å²) in [6, 6.07) is 6.27. The first kappa shape index (κ1) is 26.1. The van der Waals surface area contributed by atoms with Gasteiger partial charge in [0.25, 0.3) is 5.91 Å². The lowest BCUT2D eigenvalue weighted by Crippen LogP contribution is -2.35. The Labute approximate surface area is 199 Å². The topological polar surface area (TPSA) is 73.9 Å². The van der Waals surface area contributed by atoms with Gasteiger partial charge in [0, 0.05) is 6.04 Å². The van der Waals surface area contributed by atoms with E-state index in [1.165, 1.54) is 14.2 Å². The zero-order valence-corrected chi connectivity index (χ0v) is 19.3. The Kier molecular flexibility index (Phi) is 8.03. The number of methoxy groups -OCH3 is 2. The Hall–Kier alpha value is -3.56. The van der Waals surface area contributed by atoms with Crippen LogP contribution in [0.15, 0.2) is 48.6 Å². The van der Waals surface area contributed by atoms with Crippen LogP contribution in [-0.2, 0) is 15.7 Å². The minimum absolute atomic E-state index is 0.157. The van der Waals surface area contributed by atoms with Gasteiger partial charge in [0.15, 0.2) is 11.5 Å². The third kappa shape index (κ3) is 5.93. The first-order valence-electron chi connectivity index (χ1n) is 10.8. The summed E-state index contributed by atoms with van der Waals surface area (Å²) in [5.74, 6) is -2.84. The van der Waals surface area contributed by atoms with Crippen LogP contribution in [0.5, 0.6) is 11.5 Å². The van der Waals surface area contributed by atoms with Crippen molar-refractivity contribution in [2.24, 2.45) is 5.92 Å². The molecule has 2 aromatic rings. The van der Waals surface area contributed by atoms with E-state index in [2.05, 4.69) is 5.32 Å². The minimum atomic E-state index is -4.90. The molecule has 0 spiro atoms. The van der Waals surface area contributed by atoms with E-state index in [-0.39, 0.29) is 19.1 Å². The SMILES string of the molecule is CCOC(=O)[C@H](c1ccc(OC)c(OC)c1)[C@@H]1C=C[C@@H](NC(=O)c2ccc(F)cc2C(F)(F)F)C1. The number of ether oxygens (including phenoxy) is 3. The number of carbonyl (C=O) groups excluding carboxylic acids is 2. The summed E-state index contributed by atoms with van der Waals surface area (Å²) in [7, 11) is 2.95. The van der Waals surface area contributed by atoms with Crippen LogP contribution >= 0.6 is 0 Å². The standard InChI is InChI=1S/C25H25F4NO5/c1-4-35-24(32)22(15-6-10-20(33-2)21(12-15)34-3)14-5-8-17(11-14)30-23(31)18-9-7-16(26)13-19(18)25(27,28)29/h5-10,12-14,17,22H,4,11H2,1-3H3,(H,30,31)/t14-,17-,22+/m1/s1. The lowest BCUT2D eigenvalue weighted by molar-refractivity contribution is -0.146. The summed E-state index contributed by atoms with van der Waals surface area (Å²) in [5.41, 5.74) is -1.44. The summed E-state index contributed by atoms with van der Waals surface area (Å²) in [5, 5.41) is 2.53. The fourth-order valence-electron chi connectivity index (χ4n) is 4.11. The van der Waals surface area contributed by atoms with Crippen LogP contribution in [-0.4, -0.2) is 38.7 Å². The molecule has 0 fully saturated rings. The van der Waals surface area contributed by atoms with Gasteiger partial charge in [0.2, 0.25) is 0 Å². The minimum Gasteiger partial charge on any atom is -0.493 e. The molecule has 0 bridgehead atoms. The largest absolute Gasteiger partial charge is 0.493 e.